The topological polar surface area (TPSA) is 88.3 Å². The number of aromatic nitrogens is 1. The molecule has 0 atom stereocenters. The Labute approximate surface area is 179 Å². The van der Waals surface area contributed by atoms with Gasteiger partial charge in [0.2, 0.25) is 5.91 Å². The van der Waals surface area contributed by atoms with E-state index in [2.05, 4.69) is 17.2 Å². The van der Waals surface area contributed by atoms with Crippen molar-refractivity contribution in [3.8, 4) is 0 Å². The Bertz CT molecular complexity index is 1110. The Kier molecular flexibility index (Phi) is 7.30. The van der Waals surface area contributed by atoms with Crippen LogP contribution in [0.25, 0.3) is 10.9 Å². The van der Waals surface area contributed by atoms with E-state index in [1.807, 2.05) is 24.3 Å². The third kappa shape index (κ3) is 5.51. The Balaban J connectivity index is 1.60. The summed E-state index contributed by atoms with van der Waals surface area (Å²) >= 11 is 1.42. The number of esters is 1. The summed E-state index contributed by atoms with van der Waals surface area (Å²) in [5.74, 6) is 0.227. The summed E-state index contributed by atoms with van der Waals surface area (Å²) in [5.41, 5.74) is 3.53. The van der Waals surface area contributed by atoms with Crippen LogP contribution in [0.4, 0.5) is 5.69 Å². The molecule has 0 unspecified atom stereocenters. The number of rotatable bonds is 8. The van der Waals surface area contributed by atoms with Crippen molar-refractivity contribution in [1.29, 1.82) is 0 Å². The predicted octanol–water partition coefficient (Wildman–Crippen LogP) is 4.14. The van der Waals surface area contributed by atoms with Crippen LogP contribution < -0.4 is 10.7 Å². The summed E-state index contributed by atoms with van der Waals surface area (Å²) in [6.45, 7) is 4.10. The molecule has 0 bridgehead atoms. The molecular weight excluding hydrogens is 400 g/mol. The monoisotopic (exact) mass is 424 g/mol. The number of carbonyl (C=O) groups excluding carboxylic acids is 2. The lowest BCUT2D eigenvalue weighted by Crippen LogP contribution is -2.14. The number of fused-ring (bicyclic) bond motifs is 1. The zero-order valence-electron chi connectivity index (χ0n) is 17.0. The van der Waals surface area contributed by atoms with Crippen molar-refractivity contribution in [2.45, 2.75) is 26.0 Å². The fourth-order valence-electron chi connectivity index (χ4n) is 3.00. The molecule has 0 saturated carbocycles. The van der Waals surface area contributed by atoms with Gasteiger partial charge in [-0.05, 0) is 49.2 Å². The van der Waals surface area contributed by atoms with Gasteiger partial charge < -0.3 is 15.0 Å². The van der Waals surface area contributed by atoms with Crippen molar-refractivity contribution in [3.05, 3.63) is 75.6 Å². The molecule has 0 spiro atoms. The van der Waals surface area contributed by atoms with Gasteiger partial charge in [0.05, 0.1) is 17.9 Å². The highest BCUT2D eigenvalue weighted by molar-refractivity contribution is 7.99. The fourth-order valence-corrected chi connectivity index (χ4v) is 3.73. The Morgan fingerprint density at radius 1 is 1.07 bits per heavy atom. The average Bonchev–Trinajstić information content (AvgIpc) is 2.74. The number of anilines is 1. The van der Waals surface area contributed by atoms with Crippen LogP contribution in [0.5, 0.6) is 0 Å². The lowest BCUT2D eigenvalue weighted by molar-refractivity contribution is -0.113. The van der Waals surface area contributed by atoms with Crippen LogP contribution in [0, 0.1) is 0 Å². The molecule has 2 aromatic carbocycles. The van der Waals surface area contributed by atoms with E-state index in [9.17, 15) is 14.4 Å². The van der Waals surface area contributed by atoms with Crippen molar-refractivity contribution in [2.24, 2.45) is 0 Å². The molecule has 3 aromatic rings. The van der Waals surface area contributed by atoms with Gasteiger partial charge in [0.15, 0.2) is 5.43 Å². The molecular formula is C23H24N2O4S. The molecule has 30 heavy (non-hydrogen) atoms. The Morgan fingerprint density at radius 3 is 2.53 bits per heavy atom. The fraction of sp³-hybridized carbons (Fsp3) is 0.261. The molecule has 1 aromatic heterocycles. The number of ether oxygens (including phenoxy) is 1. The summed E-state index contributed by atoms with van der Waals surface area (Å²) in [7, 11) is 0. The van der Waals surface area contributed by atoms with Gasteiger partial charge in [-0.15, -0.1) is 11.8 Å². The molecule has 0 aliphatic rings. The number of benzene rings is 2. The highest BCUT2D eigenvalue weighted by atomic mass is 32.2. The normalized spacial score (nSPS) is 10.7. The molecule has 156 valence electrons. The minimum absolute atomic E-state index is 0.0912. The first kappa shape index (κ1) is 21.6. The maximum Gasteiger partial charge on any atom is 0.338 e. The zero-order chi connectivity index (χ0) is 21.5. The summed E-state index contributed by atoms with van der Waals surface area (Å²) in [5, 5.41) is 3.31. The molecule has 1 amide bonds. The molecule has 0 aliphatic carbocycles. The second-order valence-corrected chi connectivity index (χ2v) is 7.72. The van der Waals surface area contributed by atoms with E-state index in [1.165, 1.54) is 23.4 Å². The largest absolute Gasteiger partial charge is 0.462 e. The molecule has 0 radical (unpaired) electrons. The number of amides is 1. The first-order valence-corrected chi connectivity index (χ1v) is 10.9. The standard InChI is InChI=1S/C23H24N2O4S/c1-3-15-5-8-17(9-6-15)25-22(27)14-30-13-18-12-21(26)19-11-16(23(28)29-4-2)7-10-20(19)24-18/h5-12H,3-4,13-14H2,1-2H3,(H,24,26)(H,25,27). The Morgan fingerprint density at radius 2 is 1.83 bits per heavy atom. The van der Waals surface area contributed by atoms with Crippen LogP contribution in [-0.2, 0) is 21.7 Å². The van der Waals surface area contributed by atoms with Crippen molar-refractivity contribution in [3.63, 3.8) is 0 Å². The van der Waals surface area contributed by atoms with E-state index in [4.69, 9.17) is 4.74 Å². The molecule has 7 heteroatoms. The lowest BCUT2D eigenvalue weighted by atomic mass is 10.1. The second kappa shape index (κ2) is 10.1. The van der Waals surface area contributed by atoms with E-state index in [0.717, 1.165) is 17.8 Å². The van der Waals surface area contributed by atoms with Crippen molar-refractivity contribution in [2.75, 3.05) is 17.7 Å². The van der Waals surface area contributed by atoms with Crippen molar-refractivity contribution in [1.82, 2.24) is 4.98 Å². The van der Waals surface area contributed by atoms with Crippen LogP contribution in [0.2, 0.25) is 0 Å². The highest BCUT2D eigenvalue weighted by Crippen LogP contribution is 2.16. The van der Waals surface area contributed by atoms with E-state index < -0.39 is 5.97 Å². The molecule has 3 rings (SSSR count). The minimum Gasteiger partial charge on any atom is -0.462 e. The zero-order valence-corrected chi connectivity index (χ0v) is 17.8. The number of hydrogen-bond donors (Lipinski definition) is 2. The summed E-state index contributed by atoms with van der Waals surface area (Å²) < 4.78 is 4.98. The van der Waals surface area contributed by atoms with Crippen LogP contribution >= 0.6 is 11.8 Å². The summed E-state index contributed by atoms with van der Waals surface area (Å²) in [6.07, 6.45) is 0.957. The number of pyridine rings is 1. The van der Waals surface area contributed by atoms with E-state index >= 15 is 0 Å². The van der Waals surface area contributed by atoms with Crippen LogP contribution in [0.15, 0.2) is 53.3 Å². The Hall–Kier alpha value is -3.06. The number of aromatic amines is 1. The molecule has 0 aliphatic heterocycles. The first-order valence-electron chi connectivity index (χ1n) is 9.79. The third-order valence-electron chi connectivity index (χ3n) is 4.53. The van der Waals surface area contributed by atoms with Gasteiger partial charge >= 0.3 is 5.97 Å². The van der Waals surface area contributed by atoms with Gasteiger partial charge in [-0.25, -0.2) is 4.79 Å². The van der Waals surface area contributed by atoms with Crippen molar-refractivity contribution >= 4 is 40.2 Å². The average molecular weight is 425 g/mol. The van der Waals surface area contributed by atoms with E-state index in [-0.39, 0.29) is 23.7 Å². The molecule has 1 heterocycles. The SMILES string of the molecule is CCOC(=O)c1ccc2[nH]c(CSCC(=O)Nc3ccc(CC)cc3)cc(=O)c2c1. The molecule has 2 N–H and O–H groups in total. The van der Waals surface area contributed by atoms with Crippen LogP contribution in [-0.4, -0.2) is 29.2 Å². The third-order valence-corrected chi connectivity index (χ3v) is 5.51. The summed E-state index contributed by atoms with van der Waals surface area (Å²) in [4.78, 5) is 39.7. The number of aryl methyl sites for hydroxylation is 1. The first-order chi connectivity index (χ1) is 14.5. The van der Waals surface area contributed by atoms with Gasteiger partial charge in [0.25, 0.3) is 0 Å². The maximum absolute atomic E-state index is 12.5. The quantitative estimate of drug-likeness (QED) is 0.531. The summed E-state index contributed by atoms with van der Waals surface area (Å²) in [6, 6.07) is 14.2. The maximum atomic E-state index is 12.5. The predicted molar refractivity (Wildman–Crippen MR) is 121 cm³/mol. The van der Waals surface area contributed by atoms with Crippen LogP contribution in [0.1, 0.15) is 35.5 Å². The number of nitrogens with one attached hydrogen (secondary N) is 2. The van der Waals surface area contributed by atoms with Gasteiger partial charge in [-0.2, -0.15) is 0 Å². The number of thioether (sulfide) groups is 1. The minimum atomic E-state index is -0.450. The molecule has 0 saturated heterocycles. The van der Waals surface area contributed by atoms with Crippen molar-refractivity contribution < 1.29 is 14.3 Å². The van der Waals surface area contributed by atoms with Gasteiger partial charge in [0, 0.05) is 34.1 Å². The molecule has 6 nitrogen and oxygen atoms in total. The van der Waals surface area contributed by atoms with E-state index in [1.54, 1.807) is 25.1 Å². The van der Waals surface area contributed by atoms with Gasteiger partial charge in [-0.1, -0.05) is 19.1 Å². The number of H-pyrrole nitrogens is 1. The number of carbonyl (C=O) groups is 2. The lowest BCUT2D eigenvalue weighted by Gasteiger charge is -2.08. The van der Waals surface area contributed by atoms with Gasteiger partial charge in [-0.3, -0.25) is 9.59 Å². The van der Waals surface area contributed by atoms with Crippen LogP contribution in [0.3, 0.4) is 0 Å². The van der Waals surface area contributed by atoms with E-state index in [0.29, 0.717) is 22.2 Å². The molecule has 0 fully saturated rings. The number of hydrogen-bond acceptors (Lipinski definition) is 5. The highest BCUT2D eigenvalue weighted by Gasteiger charge is 2.10. The smallest absolute Gasteiger partial charge is 0.338 e. The van der Waals surface area contributed by atoms with Gasteiger partial charge in [0.1, 0.15) is 0 Å². The second-order valence-electron chi connectivity index (χ2n) is 6.73.